The van der Waals surface area contributed by atoms with Crippen LogP contribution in [-0.2, 0) is 14.3 Å². The van der Waals surface area contributed by atoms with E-state index in [1.807, 2.05) is 13.8 Å². The lowest BCUT2D eigenvalue weighted by Gasteiger charge is -2.22. The molecule has 0 fully saturated rings. The second kappa shape index (κ2) is 28.1. The van der Waals surface area contributed by atoms with Crippen molar-refractivity contribution >= 4 is 22.8 Å². The van der Waals surface area contributed by atoms with Crippen LogP contribution >= 0.6 is 11.8 Å². The number of thioether (sulfide) groups is 1. The van der Waals surface area contributed by atoms with Gasteiger partial charge in [-0.2, -0.15) is 0 Å². The second-order valence-corrected chi connectivity index (χ2v) is 15.8. The zero-order valence-electron chi connectivity index (χ0n) is 30.9. The fraction of sp³-hybridized carbons (Fsp3) is 0.900. The Morgan fingerprint density at radius 3 is 1.69 bits per heavy atom. The number of carbonyl (C=O) groups is 2. The molecule has 0 bridgehead atoms. The average molecular weight is 651 g/mol. The molecular formula is C40H74O4S. The number of carbonyl (C=O) groups excluding carboxylic acids is 2. The van der Waals surface area contributed by atoms with E-state index < -0.39 is 5.41 Å². The van der Waals surface area contributed by atoms with Crippen LogP contribution in [0, 0.1) is 28.6 Å². The molecule has 264 valence electrons. The van der Waals surface area contributed by atoms with Crippen molar-refractivity contribution in [1.29, 1.82) is 0 Å². The van der Waals surface area contributed by atoms with Gasteiger partial charge in [0.05, 0.1) is 11.5 Å². The molecule has 0 aromatic rings. The SMILES string of the molecule is CCCCCCCCCSC(=O)C(C)(C)CCCCCC(O)CCCCCC(C)(C)C(=O)OCC#CC(CCCC)CCCC. The topological polar surface area (TPSA) is 63.6 Å². The van der Waals surface area contributed by atoms with E-state index >= 15 is 0 Å². The van der Waals surface area contributed by atoms with Gasteiger partial charge in [-0.05, 0) is 58.8 Å². The van der Waals surface area contributed by atoms with Gasteiger partial charge in [0.15, 0.2) is 11.7 Å². The maximum atomic E-state index is 12.7. The van der Waals surface area contributed by atoms with Gasteiger partial charge < -0.3 is 9.84 Å². The molecule has 0 aromatic heterocycles. The van der Waals surface area contributed by atoms with Crippen LogP contribution in [0.1, 0.15) is 196 Å². The molecule has 0 saturated carbocycles. The number of rotatable bonds is 29. The van der Waals surface area contributed by atoms with E-state index in [4.69, 9.17) is 4.74 Å². The first kappa shape index (κ1) is 44.0. The van der Waals surface area contributed by atoms with Crippen LogP contribution in [0.4, 0.5) is 0 Å². The predicted octanol–water partition coefficient (Wildman–Crippen LogP) is 11.9. The highest BCUT2D eigenvalue weighted by Crippen LogP contribution is 2.31. The normalized spacial score (nSPS) is 12.6. The lowest BCUT2D eigenvalue weighted by Crippen LogP contribution is -2.26. The average Bonchev–Trinajstić information content (AvgIpc) is 3.00. The Morgan fingerprint density at radius 1 is 0.644 bits per heavy atom. The Labute approximate surface area is 284 Å². The fourth-order valence-corrected chi connectivity index (χ4v) is 6.71. The molecule has 0 amide bonds. The van der Waals surface area contributed by atoms with Crippen molar-refractivity contribution in [2.75, 3.05) is 12.4 Å². The summed E-state index contributed by atoms with van der Waals surface area (Å²) in [4.78, 5) is 25.4. The van der Waals surface area contributed by atoms with Gasteiger partial charge >= 0.3 is 5.97 Å². The smallest absolute Gasteiger partial charge is 0.312 e. The van der Waals surface area contributed by atoms with Crippen molar-refractivity contribution in [3.63, 3.8) is 0 Å². The van der Waals surface area contributed by atoms with Crippen LogP contribution in [-0.4, -0.2) is 34.7 Å². The fourth-order valence-electron chi connectivity index (χ4n) is 5.69. The first-order valence-electron chi connectivity index (χ1n) is 19.0. The van der Waals surface area contributed by atoms with Gasteiger partial charge in [0.25, 0.3) is 0 Å². The van der Waals surface area contributed by atoms with Gasteiger partial charge in [-0.3, -0.25) is 9.59 Å². The van der Waals surface area contributed by atoms with Crippen molar-refractivity contribution in [1.82, 2.24) is 0 Å². The minimum Gasteiger partial charge on any atom is -0.452 e. The van der Waals surface area contributed by atoms with Gasteiger partial charge in [-0.15, -0.1) is 0 Å². The summed E-state index contributed by atoms with van der Waals surface area (Å²) in [6, 6.07) is 0. The summed E-state index contributed by atoms with van der Waals surface area (Å²) in [6.45, 7) is 15.0. The Kier molecular flexibility index (Phi) is 27.4. The second-order valence-electron chi connectivity index (χ2n) is 14.8. The van der Waals surface area contributed by atoms with Crippen LogP contribution in [0.15, 0.2) is 0 Å². The number of esters is 1. The molecule has 0 rings (SSSR count). The molecule has 0 radical (unpaired) electrons. The molecule has 0 aliphatic rings. The van der Waals surface area contributed by atoms with E-state index in [-0.39, 0.29) is 24.1 Å². The molecular weight excluding hydrogens is 577 g/mol. The van der Waals surface area contributed by atoms with Gasteiger partial charge in [-0.1, -0.05) is 161 Å². The molecule has 0 heterocycles. The highest BCUT2D eigenvalue weighted by atomic mass is 32.2. The van der Waals surface area contributed by atoms with Crippen LogP contribution in [0.3, 0.4) is 0 Å². The predicted molar refractivity (Wildman–Crippen MR) is 196 cm³/mol. The molecule has 1 atom stereocenters. The van der Waals surface area contributed by atoms with Crippen LogP contribution in [0.2, 0.25) is 0 Å². The Balaban J connectivity index is 4.01. The van der Waals surface area contributed by atoms with Crippen molar-refractivity contribution in [3.05, 3.63) is 0 Å². The minimum absolute atomic E-state index is 0.160. The van der Waals surface area contributed by atoms with Crippen molar-refractivity contribution in [3.8, 4) is 11.8 Å². The third kappa shape index (κ3) is 24.8. The monoisotopic (exact) mass is 651 g/mol. The molecule has 0 saturated heterocycles. The molecule has 45 heavy (non-hydrogen) atoms. The zero-order valence-corrected chi connectivity index (χ0v) is 31.7. The van der Waals surface area contributed by atoms with Crippen LogP contribution < -0.4 is 0 Å². The van der Waals surface area contributed by atoms with E-state index in [0.29, 0.717) is 11.0 Å². The number of hydrogen-bond donors (Lipinski definition) is 1. The molecule has 4 nitrogen and oxygen atoms in total. The van der Waals surface area contributed by atoms with Gasteiger partial charge in [0, 0.05) is 17.1 Å². The molecule has 0 spiro atoms. The summed E-state index contributed by atoms with van der Waals surface area (Å²) >= 11 is 1.54. The molecule has 0 aliphatic heterocycles. The Morgan fingerprint density at radius 2 is 1.13 bits per heavy atom. The van der Waals surface area contributed by atoms with Crippen LogP contribution in [0.5, 0.6) is 0 Å². The highest BCUT2D eigenvalue weighted by molar-refractivity contribution is 8.13. The molecule has 1 N–H and O–H groups in total. The maximum absolute atomic E-state index is 12.7. The number of aliphatic hydroxyl groups is 1. The first-order chi connectivity index (χ1) is 21.5. The van der Waals surface area contributed by atoms with E-state index in [9.17, 15) is 14.7 Å². The summed E-state index contributed by atoms with van der Waals surface area (Å²) in [5.41, 5.74) is -0.769. The van der Waals surface area contributed by atoms with Crippen LogP contribution in [0.25, 0.3) is 0 Å². The van der Waals surface area contributed by atoms with E-state index in [0.717, 1.165) is 89.2 Å². The standard InChI is InChI=1S/C40H74O4S/c1-8-11-14-15-16-17-24-34-45-38(43)40(6,7)32-23-19-21-30-36(41)29-20-18-22-31-39(4,5)37(42)44-33-25-28-35(26-12-9-2)27-13-10-3/h35-36,41H,8-24,26-27,29-34H2,1-7H3. The van der Waals surface area contributed by atoms with Crippen molar-refractivity contribution in [2.24, 2.45) is 16.7 Å². The Bertz CT molecular complexity index is 786. The lowest BCUT2D eigenvalue weighted by atomic mass is 9.86. The molecule has 1 unspecified atom stereocenters. The summed E-state index contributed by atoms with van der Waals surface area (Å²) in [5.74, 6) is 7.68. The third-order valence-electron chi connectivity index (χ3n) is 9.16. The zero-order chi connectivity index (χ0) is 33.8. The largest absolute Gasteiger partial charge is 0.452 e. The summed E-state index contributed by atoms with van der Waals surface area (Å²) in [7, 11) is 0. The van der Waals surface area contributed by atoms with Crippen molar-refractivity contribution in [2.45, 2.75) is 202 Å². The first-order valence-corrected chi connectivity index (χ1v) is 20.0. The number of hydrogen-bond acceptors (Lipinski definition) is 5. The molecule has 0 aliphatic carbocycles. The van der Waals surface area contributed by atoms with Gasteiger partial charge in [0.2, 0.25) is 0 Å². The number of aliphatic hydroxyl groups excluding tert-OH is 1. The number of unbranched alkanes of at least 4 members (excludes halogenated alkanes) is 12. The van der Waals surface area contributed by atoms with Crippen molar-refractivity contribution < 1.29 is 19.4 Å². The maximum Gasteiger partial charge on any atom is 0.312 e. The van der Waals surface area contributed by atoms with E-state index in [1.54, 1.807) is 0 Å². The summed E-state index contributed by atoms with van der Waals surface area (Å²) in [5, 5.41) is 10.8. The van der Waals surface area contributed by atoms with E-state index in [1.165, 1.54) is 76.0 Å². The van der Waals surface area contributed by atoms with Gasteiger partial charge in [-0.25, -0.2) is 0 Å². The molecule has 0 aromatic carbocycles. The van der Waals surface area contributed by atoms with Gasteiger partial charge in [0.1, 0.15) is 0 Å². The quantitative estimate of drug-likeness (QED) is 0.0496. The highest BCUT2D eigenvalue weighted by Gasteiger charge is 2.29. The molecule has 5 heteroatoms. The lowest BCUT2D eigenvalue weighted by molar-refractivity contribution is -0.152. The number of ether oxygens (including phenoxy) is 1. The van der Waals surface area contributed by atoms with E-state index in [2.05, 4.69) is 46.5 Å². The summed E-state index contributed by atoms with van der Waals surface area (Å²) < 4.78 is 5.53. The minimum atomic E-state index is -0.508. The third-order valence-corrected chi connectivity index (χ3v) is 10.5. The Hall–Kier alpha value is -0.990. The summed E-state index contributed by atoms with van der Waals surface area (Å²) in [6.07, 6.45) is 25.2.